The molecule has 2 rings (SSSR count). The third kappa shape index (κ3) is 4.46. The minimum absolute atomic E-state index is 0.0749. The summed E-state index contributed by atoms with van der Waals surface area (Å²) in [6.45, 7) is 7.03. The maximum absolute atomic E-state index is 11.5. The Kier molecular flexibility index (Phi) is 4.88. The molecule has 0 aliphatic heterocycles. The number of anilines is 2. The van der Waals surface area contributed by atoms with Crippen molar-refractivity contribution < 1.29 is 9.53 Å². The number of hydrogen-bond donors (Lipinski definition) is 2. The van der Waals surface area contributed by atoms with Gasteiger partial charge in [-0.25, -0.2) is 0 Å². The molecule has 2 unspecified atom stereocenters. The fraction of sp³-hybridized carbons (Fsp3) is 0.588. The summed E-state index contributed by atoms with van der Waals surface area (Å²) >= 11 is 0. The van der Waals surface area contributed by atoms with Gasteiger partial charge in [0.2, 0.25) is 5.91 Å². The van der Waals surface area contributed by atoms with Crippen LogP contribution in [0.2, 0.25) is 0 Å². The van der Waals surface area contributed by atoms with Crippen molar-refractivity contribution in [2.75, 3.05) is 24.4 Å². The van der Waals surface area contributed by atoms with Crippen molar-refractivity contribution in [2.24, 2.45) is 11.3 Å². The number of rotatable bonds is 5. The van der Waals surface area contributed by atoms with Crippen LogP contribution in [0.25, 0.3) is 0 Å². The van der Waals surface area contributed by atoms with Crippen molar-refractivity contribution >= 4 is 17.3 Å². The number of hydrogen-bond acceptors (Lipinski definition) is 3. The van der Waals surface area contributed by atoms with Crippen LogP contribution in [0.5, 0.6) is 0 Å². The van der Waals surface area contributed by atoms with Gasteiger partial charge in [0.05, 0.1) is 0 Å². The highest BCUT2D eigenvalue weighted by atomic mass is 16.5. The summed E-state index contributed by atoms with van der Waals surface area (Å²) in [4.78, 5) is 11.5. The van der Waals surface area contributed by atoms with Crippen molar-refractivity contribution in [2.45, 2.75) is 39.7 Å². The smallest absolute Gasteiger partial charge is 0.250 e. The van der Waals surface area contributed by atoms with E-state index in [2.05, 4.69) is 31.4 Å². The van der Waals surface area contributed by atoms with Crippen molar-refractivity contribution in [3.8, 4) is 0 Å². The fourth-order valence-electron chi connectivity index (χ4n) is 3.32. The van der Waals surface area contributed by atoms with Gasteiger partial charge >= 0.3 is 0 Å². The van der Waals surface area contributed by atoms with E-state index in [4.69, 9.17) is 4.74 Å². The Hall–Kier alpha value is -1.55. The van der Waals surface area contributed by atoms with Gasteiger partial charge in [0.1, 0.15) is 6.61 Å². The third-order valence-corrected chi connectivity index (χ3v) is 4.11. The quantitative estimate of drug-likeness (QED) is 0.872. The van der Waals surface area contributed by atoms with E-state index in [0.29, 0.717) is 17.4 Å². The number of ether oxygens (including phenoxy) is 1. The molecule has 0 heterocycles. The van der Waals surface area contributed by atoms with E-state index in [-0.39, 0.29) is 12.5 Å². The molecule has 1 aromatic rings. The standard InChI is InChI=1S/C17H26N2O2/c1-12-9-17(2,3)10-15(12)18-13-6-5-7-14(8-13)19-16(20)11-21-4/h5-8,12,15,18H,9-11H2,1-4H3,(H,19,20). The number of carbonyl (C=O) groups is 1. The molecule has 116 valence electrons. The number of nitrogens with one attached hydrogen (secondary N) is 2. The Bertz CT molecular complexity index is 499. The molecular formula is C17H26N2O2. The van der Waals surface area contributed by atoms with Gasteiger partial charge in [-0.3, -0.25) is 4.79 Å². The second-order valence-electron chi connectivity index (χ2n) is 6.86. The van der Waals surface area contributed by atoms with Crippen LogP contribution in [-0.2, 0) is 9.53 Å². The molecule has 0 saturated heterocycles. The molecule has 2 atom stereocenters. The minimum Gasteiger partial charge on any atom is -0.382 e. The molecule has 1 fully saturated rings. The molecule has 4 heteroatoms. The Labute approximate surface area is 127 Å². The lowest BCUT2D eigenvalue weighted by Crippen LogP contribution is -2.22. The Balaban J connectivity index is 2.00. The first-order chi connectivity index (χ1) is 9.89. The first-order valence-electron chi connectivity index (χ1n) is 7.55. The zero-order valence-corrected chi connectivity index (χ0v) is 13.4. The Morgan fingerprint density at radius 3 is 2.67 bits per heavy atom. The van der Waals surface area contributed by atoms with Crippen LogP contribution in [0.4, 0.5) is 11.4 Å². The van der Waals surface area contributed by atoms with Gasteiger partial charge in [-0.05, 0) is 42.4 Å². The van der Waals surface area contributed by atoms with Gasteiger partial charge in [0.25, 0.3) is 0 Å². The van der Waals surface area contributed by atoms with E-state index in [1.165, 1.54) is 20.0 Å². The van der Waals surface area contributed by atoms with Gasteiger partial charge in [-0.1, -0.05) is 26.8 Å². The van der Waals surface area contributed by atoms with Crippen molar-refractivity contribution in [3.63, 3.8) is 0 Å². The zero-order valence-electron chi connectivity index (χ0n) is 13.4. The lowest BCUT2D eigenvalue weighted by Gasteiger charge is -2.20. The predicted molar refractivity (Wildman–Crippen MR) is 86.5 cm³/mol. The molecule has 0 aromatic heterocycles. The van der Waals surface area contributed by atoms with E-state index in [1.54, 1.807) is 0 Å². The van der Waals surface area contributed by atoms with Crippen molar-refractivity contribution in [1.82, 2.24) is 0 Å². The highest BCUT2D eigenvalue weighted by Gasteiger charge is 2.36. The summed E-state index contributed by atoms with van der Waals surface area (Å²) in [6, 6.07) is 8.36. The van der Waals surface area contributed by atoms with Crippen LogP contribution < -0.4 is 10.6 Å². The minimum atomic E-state index is -0.134. The first kappa shape index (κ1) is 15.8. The van der Waals surface area contributed by atoms with Gasteiger partial charge in [-0.15, -0.1) is 0 Å². The molecule has 2 N–H and O–H groups in total. The molecule has 21 heavy (non-hydrogen) atoms. The second-order valence-corrected chi connectivity index (χ2v) is 6.86. The number of carbonyl (C=O) groups excluding carboxylic acids is 1. The monoisotopic (exact) mass is 290 g/mol. The Morgan fingerprint density at radius 1 is 1.33 bits per heavy atom. The van der Waals surface area contributed by atoms with Gasteiger partial charge in [-0.2, -0.15) is 0 Å². The highest BCUT2D eigenvalue weighted by molar-refractivity contribution is 5.92. The first-order valence-corrected chi connectivity index (χ1v) is 7.55. The summed E-state index contributed by atoms with van der Waals surface area (Å²) in [5, 5.41) is 6.44. The van der Waals surface area contributed by atoms with Crippen molar-refractivity contribution in [1.29, 1.82) is 0 Å². The molecule has 1 saturated carbocycles. The molecule has 0 spiro atoms. The van der Waals surface area contributed by atoms with Gasteiger partial charge in [0, 0.05) is 24.5 Å². The normalized spacial score (nSPS) is 23.8. The molecular weight excluding hydrogens is 264 g/mol. The average molecular weight is 290 g/mol. The molecule has 1 aromatic carbocycles. The largest absolute Gasteiger partial charge is 0.382 e. The Morgan fingerprint density at radius 2 is 2.05 bits per heavy atom. The molecule has 1 aliphatic carbocycles. The van der Waals surface area contributed by atoms with Crippen LogP contribution in [0.15, 0.2) is 24.3 Å². The highest BCUT2D eigenvalue weighted by Crippen LogP contribution is 2.42. The van der Waals surface area contributed by atoms with E-state index in [9.17, 15) is 4.79 Å². The summed E-state index contributed by atoms with van der Waals surface area (Å²) < 4.78 is 4.82. The fourth-order valence-corrected chi connectivity index (χ4v) is 3.32. The van der Waals surface area contributed by atoms with Crippen LogP contribution in [0, 0.1) is 11.3 Å². The van der Waals surface area contributed by atoms with Crippen LogP contribution in [0.3, 0.4) is 0 Å². The number of benzene rings is 1. The number of methoxy groups -OCH3 is 1. The van der Waals surface area contributed by atoms with E-state index in [0.717, 1.165) is 11.4 Å². The average Bonchev–Trinajstić information content (AvgIpc) is 2.62. The van der Waals surface area contributed by atoms with Gasteiger partial charge in [0.15, 0.2) is 0 Å². The van der Waals surface area contributed by atoms with Crippen LogP contribution in [0.1, 0.15) is 33.6 Å². The van der Waals surface area contributed by atoms with E-state index >= 15 is 0 Å². The van der Waals surface area contributed by atoms with Crippen LogP contribution in [-0.4, -0.2) is 25.7 Å². The topological polar surface area (TPSA) is 50.4 Å². The lowest BCUT2D eigenvalue weighted by atomic mass is 9.91. The molecule has 0 bridgehead atoms. The molecule has 0 radical (unpaired) electrons. The lowest BCUT2D eigenvalue weighted by molar-refractivity contribution is -0.119. The van der Waals surface area contributed by atoms with E-state index in [1.807, 2.05) is 24.3 Å². The summed E-state index contributed by atoms with van der Waals surface area (Å²) in [7, 11) is 1.51. The number of amides is 1. The predicted octanol–water partition coefficient (Wildman–Crippen LogP) is 3.51. The maximum atomic E-state index is 11.5. The van der Waals surface area contributed by atoms with Crippen LogP contribution >= 0.6 is 0 Å². The third-order valence-electron chi connectivity index (χ3n) is 4.11. The zero-order chi connectivity index (χ0) is 15.5. The van der Waals surface area contributed by atoms with E-state index < -0.39 is 0 Å². The summed E-state index contributed by atoms with van der Waals surface area (Å²) in [6.07, 6.45) is 2.42. The molecule has 4 nitrogen and oxygen atoms in total. The molecule has 1 amide bonds. The SMILES string of the molecule is COCC(=O)Nc1cccc(NC2CC(C)(C)CC2C)c1. The van der Waals surface area contributed by atoms with Gasteiger partial charge < -0.3 is 15.4 Å². The van der Waals surface area contributed by atoms with Crippen molar-refractivity contribution in [3.05, 3.63) is 24.3 Å². The maximum Gasteiger partial charge on any atom is 0.250 e. The summed E-state index contributed by atoms with van der Waals surface area (Å²) in [5.74, 6) is 0.525. The molecule has 1 aliphatic rings. The second kappa shape index (κ2) is 6.48. The summed E-state index contributed by atoms with van der Waals surface area (Å²) in [5.41, 5.74) is 2.26.